The molecule has 0 spiro atoms. The highest BCUT2D eigenvalue weighted by Gasteiger charge is 2.21. The Bertz CT molecular complexity index is 770. The summed E-state index contributed by atoms with van der Waals surface area (Å²) in [5.74, 6) is 2.42. The molecule has 2 aromatic carbocycles. The average Bonchev–Trinajstić information content (AvgIpc) is 2.65. The van der Waals surface area contributed by atoms with E-state index in [2.05, 4.69) is 21.7 Å². The second kappa shape index (κ2) is 9.87. The average molecular weight is 488 g/mol. The third kappa shape index (κ3) is 4.94. The molecule has 26 heavy (non-hydrogen) atoms. The van der Waals surface area contributed by atoms with E-state index in [1.807, 2.05) is 36.4 Å². The second-order valence-corrected chi connectivity index (χ2v) is 6.19. The Morgan fingerprint density at radius 1 is 1.31 bits per heavy atom. The monoisotopic (exact) mass is 487 g/mol. The Morgan fingerprint density at radius 3 is 2.88 bits per heavy atom. The number of rotatable bonds is 4. The first-order valence-corrected chi connectivity index (χ1v) is 8.60. The van der Waals surface area contributed by atoms with Crippen LogP contribution in [0.1, 0.15) is 23.6 Å². The summed E-state index contributed by atoms with van der Waals surface area (Å²) in [6.07, 6.45) is 0.891. The summed E-state index contributed by atoms with van der Waals surface area (Å²) in [6.45, 7) is 1.28. The van der Waals surface area contributed by atoms with Gasteiger partial charge in [0, 0.05) is 36.2 Å². The predicted octanol–water partition coefficient (Wildman–Crippen LogP) is 4.16. The van der Waals surface area contributed by atoms with Crippen molar-refractivity contribution in [2.45, 2.75) is 19.0 Å². The molecule has 0 fully saturated rings. The van der Waals surface area contributed by atoms with Crippen molar-refractivity contribution in [2.24, 2.45) is 4.99 Å². The molecule has 2 N–H and O–H groups in total. The van der Waals surface area contributed by atoms with Crippen LogP contribution in [-0.4, -0.2) is 26.7 Å². The van der Waals surface area contributed by atoms with Gasteiger partial charge in [-0.05, 0) is 18.2 Å². The van der Waals surface area contributed by atoms with Gasteiger partial charge in [0.25, 0.3) is 0 Å². The lowest BCUT2D eigenvalue weighted by atomic mass is 10.0. The van der Waals surface area contributed by atoms with Gasteiger partial charge in [-0.15, -0.1) is 24.0 Å². The van der Waals surface area contributed by atoms with Crippen LogP contribution < -0.4 is 20.1 Å². The van der Waals surface area contributed by atoms with Crippen LogP contribution in [0.3, 0.4) is 0 Å². The lowest BCUT2D eigenvalue weighted by Gasteiger charge is -2.28. The standard InChI is InChI=1S/C19H22ClN3O2.HI/c1-21-19(22-12-13-7-8-14(20)11-18(13)24-2)23-16-9-10-25-17-6-4-3-5-15(16)17;/h3-8,11,16H,9-10,12H2,1-2H3,(H2,21,22,23);1H. The number of hydrogen-bond donors (Lipinski definition) is 2. The molecule has 1 aliphatic rings. The van der Waals surface area contributed by atoms with Gasteiger partial charge in [0.2, 0.25) is 0 Å². The Balaban J connectivity index is 0.00000243. The number of nitrogens with zero attached hydrogens (tertiary/aromatic N) is 1. The van der Waals surface area contributed by atoms with E-state index < -0.39 is 0 Å². The number of ether oxygens (including phenoxy) is 2. The number of fused-ring (bicyclic) bond motifs is 1. The molecule has 0 amide bonds. The number of methoxy groups -OCH3 is 1. The molecular weight excluding hydrogens is 465 g/mol. The van der Waals surface area contributed by atoms with Crippen molar-refractivity contribution in [1.82, 2.24) is 10.6 Å². The first-order valence-electron chi connectivity index (χ1n) is 8.22. The zero-order valence-corrected chi connectivity index (χ0v) is 17.9. The van der Waals surface area contributed by atoms with Crippen LogP contribution >= 0.6 is 35.6 Å². The van der Waals surface area contributed by atoms with Crippen LogP contribution in [0.5, 0.6) is 11.5 Å². The molecule has 1 aliphatic heterocycles. The van der Waals surface area contributed by atoms with Gasteiger partial charge in [-0.1, -0.05) is 35.9 Å². The highest BCUT2D eigenvalue weighted by Crippen LogP contribution is 2.31. The largest absolute Gasteiger partial charge is 0.496 e. The number of guanidine groups is 1. The highest BCUT2D eigenvalue weighted by atomic mass is 127. The Morgan fingerprint density at radius 2 is 2.12 bits per heavy atom. The third-order valence-corrected chi connectivity index (χ3v) is 4.42. The van der Waals surface area contributed by atoms with Crippen LogP contribution in [0.4, 0.5) is 0 Å². The summed E-state index contributed by atoms with van der Waals surface area (Å²) in [7, 11) is 3.40. The molecule has 140 valence electrons. The van der Waals surface area contributed by atoms with Crippen molar-refractivity contribution < 1.29 is 9.47 Å². The maximum atomic E-state index is 6.01. The lowest BCUT2D eigenvalue weighted by molar-refractivity contribution is 0.261. The van der Waals surface area contributed by atoms with Crippen molar-refractivity contribution in [3.05, 3.63) is 58.6 Å². The molecule has 1 unspecified atom stereocenters. The minimum absolute atomic E-state index is 0. The summed E-state index contributed by atoms with van der Waals surface area (Å²) in [5.41, 5.74) is 2.17. The molecule has 2 aromatic rings. The van der Waals surface area contributed by atoms with E-state index in [0.717, 1.165) is 35.0 Å². The van der Waals surface area contributed by atoms with Crippen LogP contribution in [-0.2, 0) is 6.54 Å². The SMILES string of the molecule is CN=C(NCc1ccc(Cl)cc1OC)NC1CCOc2ccccc21.I. The lowest BCUT2D eigenvalue weighted by Crippen LogP contribution is -2.40. The maximum absolute atomic E-state index is 6.01. The zero-order chi connectivity index (χ0) is 17.6. The van der Waals surface area contributed by atoms with Crippen LogP contribution in [0.2, 0.25) is 5.02 Å². The molecule has 5 nitrogen and oxygen atoms in total. The third-order valence-electron chi connectivity index (χ3n) is 4.19. The van der Waals surface area contributed by atoms with Gasteiger partial charge >= 0.3 is 0 Å². The molecule has 0 bridgehead atoms. The molecular formula is C19H23ClIN3O2. The minimum atomic E-state index is 0. The van der Waals surface area contributed by atoms with Crippen molar-refractivity contribution in [2.75, 3.05) is 20.8 Å². The van der Waals surface area contributed by atoms with Crippen molar-refractivity contribution in [3.8, 4) is 11.5 Å². The zero-order valence-electron chi connectivity index (χ0n) is 14.8. The van der Waals surface area contributed by atoms with Crippen molar-refractivity contribution in [1.29, 1.82) is 0 Å². The first-order chi connectivity index (χ1) is 12.2. The second-order valence-electron chi connectivity index (χ2n) is 5.75. The molecule has 1 atom stereocenters. The first kappa shape index (κ1) is 20.6. The fourth-order valence-electron chi connectivity index (χ4n) is 2.90. The molecule has 0 aliphatic carbocycles. The summed E-state index contributed by atoms with van der Waals surface area (Å²) in [6, 6.07) is 13.9. The Labute approximate surface area is 176 Å². The number of hydrogen-bond acceptors (Lipinski definition) is 3. The number of para-hydroxylation sites is 1. The fourth-order valence-corrected chi connectivity index (χ4v) is 3.06. The van der Waals surface area contributed by atoms with Gasteiger partial charge in [0.15, 0.2) is 5.96 Å². The van der Waals surface area contributed by atoms with E-state index in [1.54, 1.807) is 14.2 Å². The number of aliphatic imine (C=N–C) groups is 1. The molecule has 1 heterocycles. The van der Waals surface area contributed by atoms with E-state index in [1.165, 1.54) is 0 Å². The van der Waals surface area contributed by atoms with Crippen LogP contribution in [0, 0.1) is 0 Å². The fraction of sp³-hybridized carbons (Fsp3) is 0.316. The van der Waals surface area contributed by atoms with Gasteiger partial charge in [-0.3, -0.25) is 4.99 Å². The molecule has 0 radical (unpaired) electrons. The normalized spacial score (nSPS) is 16.0. The van der Waals surface area contributed by atoms with E-state index >= 15 is 0 Å². The van der Waals surface area contributed by atoms with Gasteiger partial charge in [0.05, 0.1) is 19.8 Å². The van der Waals surface area contributed by atoms with E-state index in [9.17, 15) is 0 Å². The molecule has 0 aromatic heterocycles. The summed E-state index contributed by atoms with van der Waals surface area (Å²) < 4.78 is 11.1. The van der Waals surface area contributed by atoms with Crippen LogP contribution in [0.15, 0.2) is 47.5 Å². The number of benzene rings is 2. The Hall–Kier alpha value is -1.67. The highest BCUT2D eigenvalue weighted by molar-refractivity contribution is 14.0. The number of nitrogens with one attached hydrogen (secondary N) is 2. The van der Waals surface area contributed by atoms with Gasteiger partial charge in [-0.2, -0.15) is 0 Å². The smallest absolute Gasteiger partial charge is 0.191 e. The van der Waals surface area contributed by atoms with Gasteiger partial charge < -0.3 is 20.1 Å². The van der Waals surface area contributed by atoms with Crippen molar-refractivity contribution >= 4 is 41.5 Å². The molecule has 0 saturated heterocycles. The minimum Gasteiger partial charge on any atom is -0.496 e. The van der Waals surface area contributed by atoms with E-state index in [0.29, 0.717) is 18.2 Å². The van der Waals surface area contributed by atoms with Crippen LogP contribution in [0.25, 0.3) is 0 Å². The number of halogens is 2. The topological polar surface area (TPSA) is 54.9 Å². The summed E-state index contributed by atoms with van der Waals surface area (Å²) >= 11 is 6.01. The molecule has 7 heteroatoms. The van der Waals surface area contributed by atoms with E-state index in [-0.39, 0.29) is 30.0 Å². The van der Waals surface area contributed by atoms with Crippen molar-refractivity contribution in [3.63, 3.8) is 0 Å². The quantitative estimate of drug-likeness (QED) is 0.386. The predicted molar refractivity (Wildman–Crippen MR) is 116 cm³/mol. The summed E-state index contributed by atoms with van der Waals surface area (Å²) in [5, 5.41) is 7.46. The van der Waals surface area contributed by atoms with E-state index in [4.69, 9.17) is 21.1 Å². The molecule has 3 rings (SSSR count). The maximum Gasteiger partial charge on any atom is 0.191 e. The summed E-state index contributed by atoms with van der Waals surface area (Å²) in [4.78, 5) is 4.33. The molecule has 0 saturated carbocycles. The Kier molecular flexibility index (Phi) is 7.84. The van der Waals surface area contributed by atoms with Gasteiger partial charge in [0.1, 0.15) is 11.5 Å². The van der Waals surface area contributed by atoms with Gasteiger partial charge in [-0.25, -0.2) is 0 Å².